The van der Waals surface area contributed by atoms with E-state index in [2.05, 4.69) is 20.9 Å². The molecule has 1 fully saturated rings. The molecule has 0 aliphatic heterocycles. The Balaban J connectivity index is 1.25. The number of fused-ring (bicyclic) bond motifs is 1. The van der Waals surface area contributed by atoms with Gasteiger partial charge in [0.15, 0.2) is 0 Å². The summed E-state index contributed by atoms with van der Waals surface area (Å²) in [6.07, 6.45) is 8.55. The molecule has 9 heteroatoms. The highest BCUT2D eigenvalue weighted by molar-refractivity contribution is 6.31. The van der Waals surface area contributed by atoms with Crippen LogP contribution in [0.15, 0.2) is 18.2 Å². The summed E-state index contributed by atoms with van der Waals surface area (Å²) in [7, 11) is 4.08. The Morgan fingerprint density at radius 1 is 1.15 bits per heavy atom. The summed E-state index contributed by atoms with van der Waals surface area (Å²) in [6, 6.07) is 4.16. The lowest BCUT2D eigenvalue weighted by molar-refractivity contribution is 0.246. The predicted octanol–water partition coefficient (Wildman–Crippen LogP) is 5.01. The molecule has 33 heavy (non-hydrogen) atoms. The second kappa shape index (κ2) is 10.5. The summed E-state index contributed by atoms with van der Waals surface area (Å²) >= 11 is 5.76. The molecule has 0 saturated heterocycles. The summed E-state index contributed by atoms with van der Waals surface area (Å²) in [4.78, 5) is 23.9. The normalized spacial score (nSPS) is 20.0. The summed E-state index contributed by atoms with van der Waals surface area (Å²) in [6.45, 7) is 0.605. The highest BCUT2D eigenvalue weighted by atomic mass is 35.5. The van der Waals surface area contributed by atoms with Crippen LogP contribution in [0, 0.1) is 11.7 Å². The SMILES string of the molecule is CN(C)c1nc(NC2CCC(CNC(=O)Nc3ccc(F)c(Cl)c3)CC2)nc2c1CCCC2. The highest BCUT2D eigenvalue weighted by Gasteiger charge is 2.24. The van der Waals surface area contributed by atoms with Gasteiger partial charge in [-0.15, -0.1) is 0 Å². The molecule has 1 aromatic heterocycles. The molecule has 2 aliphatic carbocycles. The molecule has 1 saturated carbocycles. The molecule has 1 heterocycles. The number of rotatable bonds is 6. The number of halogens is 2. The number of benzene rings is 1. The van der Waals surface area contributed by atoms with Gasteiger partial charge in [-0.1, -0.05) is 11.6 Å². The third kappa shape index (κ3) is 6.05. The lowest BCUT2D eigenvalue weighted by atomic mass is 9.86. The van der Waals surface area contributed by atoms with Crippen molar-refractivity contribution in [2.75, 3.05) is 36.2 Å². The Morgan fingerprint density at radius 2 is 1.91 bits per heavy atom. The fraction of sp³-hybridized carbons (Fsp3) is 0.542. The molecule has 0 bridgehead atoms. The van der Waals surface area contributed by atoms with E-state index in [0.717, 1.165) is 50.3 Å². The van der Waals surface area contributed by atoms with Crippen LogP contribution in [0.4, 0.5) is 26.6 Å². The van der Waals surface area contributed by atoms with E-state index in [0.29, 0.717) is 24.2 Å². The van der Waals surface area contributed by atoms with Crippen LogP contribution in [0.5, 0.6) is 0 Å². The fourth-order valence-electron chi connectivity index (χ4n) is 4.69. The largest absolute Gasteiger partial charge is 0.362 e. The van der Waals surface area contributed by atoms with Gasteiger partial charge in [0.25, 0.3) is 0 Å². The van der Waals surface area contributed by atoms with Gasteiger partial charge in [-0.2, -0.15) is 4.98 Å². The molecule has 2 amide bonds. The maximum absolute atomic E-state index is 13.3. The molecule has 0 unspecified atom stereocenters. The zero-order chi connectivity index (χ0) is 23.4. The third-order valence-corrected chi connectivity index (χ3v) is 6.78. The number of amides is 2. The molecule has 0 spiro atoms. The van der Waals surface area contributed by atoms with Gasteiger partial charge in [-0.05, 0) is 75.5 Å². The number of nitrogens with zero attached hydrogens (tertiary/aromatic N) is 3. The minimum Gasteiger partial charge on any atom is -0.362 e. The van der Waals surface area contributed by atoms with E-state index in [9.17, 15) is 9.18 Å². The van der Waals surface area contributed by atoms with Crippen molar-refractivity contribution in [3.63, 3.8) is 0 Å². The van der Waals surface area contributed by atoms with Crippen LogP contribution in [0.3, 0.4) is 0 Å². The monoisotopic (exact) mass is 474 g/mol. The van der Waals surface area contributed by atoms with Crippen LogP contribution in [-0.4, -0.2) is 42.7 Å². The van der Waals surface area contributed by atoms with Crippen molar-refractivity contribution in [3.05, 3.63) is 40.3 Å². The van der Waals surface area contributed by atoms with Gasteiger partial charge in [0.2, 0.25) is 5.95 Å². The van der Waals surface area contributed by atoms with Gasteiger partial charge in [0.05, 0.1) is 10.7 Å². The van der Waals surface area contributed by atoms with Crippen LogP contribution in [0.25, 0.3) is 0 Å². The first-order chi connectivity index (χ1) is 15.9. The van der Waals surface area contributed by atoms with Gasteiger partial charge >= 0.3 is 6.03 Å². The number of aryl methyl sites for hydroxylation is 1. The molecule has 1 aromatic carbocycles. The number of anilines is 3. The summed E-state index contributed by atoms with van der Waals surface area (Å²) < 4.78 is 13.3. The van der Waals surface area contributed by atoms with Gasteiger partial charge in [-0.3, -0.25) is 0 Å². The Labute approximate surface area is 199 Å². The van der Waals surface area contributed by atoms with Crippen molar-refractivity contribution in [2.45, 2.75) is 57.4 Å². The van der Waals surface area contributed by atoms with Crippen molar-refractivity contribution < 1.29 is 9.18 Å². The fourth-order valence-corrected chi connectivity index (χ4v) is 4.87. The lowest BCUT2D eigenvalue weighted by Crippen LogP contribution is -2.36. The van der Waals surface area contributed by atoms with Gasteiger partial charge in [0.1, 0.15) is 11.6 Å². The second-order valence-corrected chi connectivity index (χ2v) is 9.63. The first kappa shape index (κ1) is 23.5. The molecule has 0 atom stereocenters. The van der Waals surface area contributed by atoms with E-state index in [1.165, 1.54) is 42.3 Å². The highest BCUT2D eigenvalue weighted by Crippen LogP contribution is 2.30. The molecular weight excluding hydrogens is 443 g/mol. The molecular formula is C24H32ClFN6O. The zero-order valence-electron chi connectivity index (χ0n) is 19.3. The smallest absolute Gasteiger partial charge is 0.319 e. The third-order valence-electron chi connectivity index (χ3n) is 6.49. The number of carbonyl (C=O) groups is 1. The quantitative estimate of drug-likeness (QED) is 0.548. The molecule has 2 aliphatic rings. The molecule has 2 aromatic rings. The van der Waals surface area contributed by atoms with Crippen molar-refractivity contribution in [1.29, 1.82) is 0 Å². The maximum atomic E-state index is 13.3. The number of nitrogens with one attached hydrogen (secondary N) is 3. The Morgan fingerprint density at radius 3 is 2.64 bits per heavy atom. The molecule has 7 nitrogen and oxygen atoms in total. The van der Waals surface area contributed by atoms with Crippen molar-refractivity contribution in [1.82, 2.24) is 15.3 Å². The average Bonchev–Trinajstić information content (AvgIpc) is 2.80. The molecule has 0 radical (unpaired) electrons. The number of aromatic nitrogens is 2. The van der Waals surface area contributed by atoms with Gasteiger partial charge < -0.3 is 20.9 Å². The number of carbonyl (C=O) groups excluding carboxylic acids is 1. The summed E-state index contributed by atoms with van der Waals surface area (Å²) in [5, 5.41) is 9.16. The first-order valence-corrected chi connectivity index (χ1v) is 12.1. The average molecular weight is 475 g/mol. The van der Waals surface area contributed by atoms with Crippen molar-refractivity contribution in [3.8, 4) is 0 Å². The lowest BCUT2D eigenvalue weighted by Gasteiger charge is -2.30. The topological polar surface area (TPSA) is 82.2 Å². The summed E-state index contributed by atoms with van der Waals surface area (Å²) in [5.41, 5.74) is 2.95. The second-order valence-electron chi connectivity index (χ2n) is 9.22. The van der Waals surface area contributed by atoms with Gasteiger partial charge in [-0.25, -0.2) is 14.2 Å². The van der Waals surface area contributed by atoms with E-state index >= 15 is 0 Å². The van der Waals surface area contributed by atoms with Crippen molar-refractivity contribution in [2.24, 2.45) is 5.92 Å². The molecule has 3 N–H and O–H groups in total. The van der Waals surface area contributed by atoms with Crippen LogP contribution in [0.2, 0.25) is 5.02 Å². The van der Waals surface area contributed by atoms with Crippen LogP contribution in [0.1, 0.15) is 49.8 Å². The minimum absolute atomic E-state index is 0.0146. The zero-order valence-corrected chi connectivity index (χ0v) is 20.0. The summed E-state index contributed by atoms with van der Waals surface area (Å²) in [5.74, 6) is 1.69. The minimum atomic E-state index is -0.508. The van der Waals surface area contributed by atoms with Gasteiger partial charge in [0, 0.05) is 37.9 Å². The Bertz CT molecular complexity index is 993. The van der Waals surface area contributed by atoms with E-state index in [1.807, 2.05) is 14.1 Å². The predicted molar refractivity (Wildman–Crippen MR) is 131 cm³/mol. The van der Waals surface area contributed by atoms with Crippen LogP contribution < -0.4 is 20.9 Å². The van der Waals surface area contributed by atoms with Crippen LogP contribution in [-0.2, 0) is 12.8 Å². The number of hydrogen-bond donors (Lipinski definition) is 3. The van der Waals surface area contributed by atoms with E-state index in [4.69, 9.17) is 21.6 Å². The number of urea groups is 1. The van der Waals surface area contributed by atoms with Crippen molar-refractivity contribution >= 4 is 35.1 Å². The maximum Gasteiger partial charge on any atom is 0.319 e. The number of hydrogen-bond acceptors (Lipinski definition) is 5. The van der Waals surface area contributed by atoms with E-state index < -0.39 is 5.82 Å². The molecule has 178 valence electrons. The first-order valence-electron chi connectivity index (χ1n) is 11.7. The van der Waals surface area contributed by atoms with E-state index in [1.54, 1.807) is 0 Å². The Kier molecular flexibility index (Phi) is 7.53. The standard InChI is InChI=1S/C24H32ClFN6O/c1-32(2)22-18-5-3-4-6-21(18)30-23(31-22)28-16-9-7-15(8-10-16)14-27-24(33)29-17-11-12-20(26)19(25)13-17/h11-13,15-16H,3-10,14H2,1-2H3,(H2,27,29,33)(H,28,30,31). The van der Waals surface area contributed by atoms with E-state index in [-0.39, 0.29) is 11.1 Å². The Hall–Kier alpha value is -2.61. The van der Waals surface area contributed by atoms with Crippen LogP contribution >= 0.6 is 11.6 Å². The molecule has 4 rings (SSSR count).